The monoisotopic (exact) mass is 312 g/mol. The van der Waals surface area contributed by atoms with Crippen LogP contribution in [0.1, 0.15) is 47.4 Å². The third-order valence-corrected chi connectivity index (χ3v) is 5.72. The molecule has 1 unspecified atom stereocenters. The van der Waals surface area contributed by atoms with Crippen molar-refractivity contribution in [3.05, 3.63) is 23.3 Å². The van der Waals surface area contributed by atoms with Crippen LogP contribution in [0.2, 0.25) is 0 Å². The molecule has 4 nitrogen and oxygen atoms in total. The van der Waals surface area contributed by atoms with Gasteiger partial charge >= 0.3 is 5.97 Å². The van der Waals surface area contributed by atoms with E-state index in [0.29, 0.717) is 17.4 Å². The predicted molar refractivity (Wildman–Crippen MR) is 84.5 cm³/mol. The fourth-order valence-corrected chi connectivity index (χ4v) is 4.64. The summed E-state index contributed by atoms with van der Waals surface area (Å²) >= 11 is 3.85. The van der Waals surface area contributed by atoms with E-state index in [0.717, 1.165) is 35.9 Å². The van der Waals surface area contributed by atoms with E-state index in [4.69, 9.17) is 4.74 Å². The number of nitrogens with zero attached hydrogens (tertiary/aromatic N) is 2. The van der Waals surface area contributed by atoms with Gasteiger partial charge < -0.3 is 4.74 Å². The number of rotatable bonds is 5. The Morgan fingerprint density at radius 3 is 2.95 bits per heavy atom. The summed E-state index contributed by atoms with van der Waals surface area (Å²) < 4.78 is 5.07. The van der Waals surface area contributed by atoms with Gasteiger partial charge in [-0.2, -0.15) is 11.8 Å². The van der Waals surface area contributed by atoms with Crippen LogP contribution in [0.15, 0.2) is 6.20 Å². The smallest absolute Gasteiger partial charge is 0.341 e. The molecule has 0 amide bonds. The minimum Gasteiger partial charge on any atom is -0.462 e. The molecule has 20 heavy (non-hydrogen) atoms. The largest absolute Gasteiger partial charge is 0.462 e. The van der Waals surface area contributed by atoms with Gasteiger partial charge in [0.2, 0.25) is 0 Å². The number of esters is 1. The molecule has 1 saturated heterocycles. The lowest BCUT2D eigenvalue weighted by Crippen LogP contribution is -2.15. The van der Waals surface area contributed by atoms with E-state index in [-0.39, 0.29) is 5.97 Å². The lowest BCUT2D eigenvalue weighted by molar-refractivity contribution is 0.0524. The molecule has 1 aromatic rings. The first-order chi connectivity index (χ1) is 9.76. The van der Waals surface area contributed by atoms with Crippen LogP contribution in [0.5, 0.6) is 0 Å². The number of carbonyl (C=O) groups is 1. The van der Waals surface area contributed by atoms with Crippen LogP contribution in [0.25, 0.3) is 0 Å². The summed E-state index contributed by atoms with van der Waals surface area (Å²) in [7, 11) is 0. The van der Waals surface area contributed by atoms with E-state index in [1.54, 1.807) is 6.20 Å². The molecule has 1 atom stereocenters. The second-order valence-electron chi connectivity index (χ2n) is 4.49. The average Bonchev–Trinajstić information content (AvgIpc) is 2.48. The Morgan fingerprint density at radius 2 is 2.30 bits per heavy atom. The summed E-state index contributed by atoms with van der Waals surface area (Å²) in [5.74, 6) is 3.94. The molecular formula is C14H20N2O2S2. The molecule has 0 aromatic carbocycles. The van der Waals surface area contributed by atoms with Gasteiger partial charge in [0.25, 0.3) is 0 Å². The van der Waals surface area contributed by atoms with Crippen LogP contribution in [-0.2, 0) is 11.2 Å². The molecular weight excluding hydrogens is 292 g/mol. The molecule has 0 spiro atoms. The normalized spacial score (nSPS) is 18.8. The van der Waals surface area contributed by atoms with E-state index >= 15 is 0 Å². The molecule has 2 heterocycles. The summed E-state index contributed by atoms with van der Waals surface area (Å²) in [6.45, 7) is 4.27. The van der Waals surface area contributed by atoms with E-state index in [2.05, 4.69) is 16.9 Å². The maximum atomic E-state index is 11.9. The minimum atomic E-state index is -0.312. The van der Waals surface area contributed by atoms with Crippen LogP contribution in [-0.4, -0.2) is 39.8 Å². The van der Waals surface area contributed by atoms with Crippen molar-refractivity contribution in [3.8, 4) is 0 Å². The summed E-state index contributed by atoms with van der Waals surface area (Å²) in [6, 6.07) is 0. The molecule has 110 valence electrons. The summed E-state index contributed by atoms with van der Waals surface area (Å²) in [5.41, 5.74) is 1.35. The van der Waals surface area contributed by atoms with E-state index in [9.17, 15) is 4.79 Å². The van der Waals surface area contributed by atoms with Crippen molar-refractivity contribution >= 4 is 29.5 Å². The third-order valence-electron chi connectivity index (χ3n) is 2.97. The second-order valence-corrected chi connectivity index (χ2v) is 6.95. The zero-order chi connectivity index (χ0) is 14.4. The fraction of sp³-hybridized carbons (Fsp3) is 0.643. The number of hydrogen-bond donors (Lipinski definition) is 0. The van der Waals surface area contributed by atoms with Gasteiger partial charge in [-0.15, -0.1) is 11.8 Å². The van der Waals surface area contributed by atoms with Crippen LogP contribution in [0, 0.1) is 0 Å². The Kier molecular flexibility index (Phi) is 6.16. The van der Waals surface area contributed by atoms with Crippen LogP contribution in [0.4, 0.5) is 0 Å². The summed E-state index contributed by atoms with van der Waals surface area (Å²) in [4.78, 5) is 21.0. The predicted octanol–water partition coefficient (Wildman–Crippen LogP) is 3.13. The number of carbonyl (C=O) groups excluding carboxylic acids is 1. The molecule has 6 heteroatoms. The lowest BCUT2D eigenvalue weighted by atomic mass is 10.1. The van der Waals surface area contributed by atoms with Gasteiger partial charge in [0.15, 0.2) is 0 Å². The zero-order valence-corrected chi connectivity index (χ0v) is 13.6. The highest BCUT2D eigenvalue weighted by atomic mass is 32.2. The van der Waals surface area contributed by atoms with Crippen LogP contribution in [0.3, 0.4) is 0 Å². The number of aryl methyl sites for hydroxylation is 1. The Bertz CT molecular complexity index is 462. The molecule has 1 fully saturated rings. The highest BCUT2D eigenvalue weighted by molar-refractivity contribution is 8.06. The molecule has 0 radical (unpaired) electrons. The second kappa shape index (κ2) is 7.88. The van der Waals surface area contributed by atoms with E-state index in [1.807, 2.05) is 30.4 Å². The van der Waals surface area contributed by atoms with Crippen molar-refractivity contribution in [1.29, 1.82) is 0 Å². The Hall–Kier alpha value is -0.750. The molecule has 0 saturated carbocycles. The van der Waals surface area contributed by atoms with Gasteiger partial charge in [-0.05, 0) is 13.3 Å². The maximum Gasteiger partial charge on any atom is 0.341 e. The molecule has 0 aliphatic carbocycles. The van der Waals surface area contributed by atoms with Crippen LogP contribution >= 0.6 is 23.5 Å². The standard InChI is InChI=1S/C14H20N2O2S2/c1-3-5-11-10(14(17)18-4-2)8-15-13(16-11)12-9-19-6-7-20-12/h8,12H,3-7,9H2,1-2H3. The van der Waals surface area contributed by atoms with E-state index in [1.165, 1.54) is 5.75 Å². The fourth-order valence-electron chi connectivity index (χ4n) is 2.03. The van der Waals surface area contributed by atoms with Crippen molar-refractivity contribution in [2.75, 3.05) is 23.9 Å². The van der Waals surface area contributed by atoms with Crippen molar-refractivity contribution in [2.24, 2.45) is 0 Å². The van der Waals surface area contributed by atoms with Crippen LogP contribution < -0.4 is 0 Å². The molecule has 0 N–H and O–H groups in total. The number of ether oxygens (including phenoxy) is 1. The summed E-state index contributed by atoms with van der Waals surface area (Å²) in [6.07, 6.45) is 3.38. The van der Waals surface area contributed by atoms with Gasteiger partial charge in [-0.3, -0.25) is 0 Å². The molecule has 1 aromatic heterocycles. The minimum absolute atomic E-state index is 0.312. The average molecular weight is 312 g/mol. The van der Waals surface area contributed by atoms with Gasteiger partial charge in [0.1, 0.15) is 5.82 Å². The molecule has 1 aliphatic rings. The first-order valence-corrected chi connectivity index (χ1v) is 9.18. The topological polar surface area (TPSA) is 52.1 Å². The van der Waals surface area contributed by atoms with Gasteiger partial charge in [0, 0.05) is 23.5 Å². The zero-order valence-electron chi connectivity index (χ0n) is 11.9. The van der Waals surface area contributed by atoms with Crippen molar-refractivity contribution < 1.29 is 9.53 Å². The molecule has 1 aliphatic heterocycles. The molecule has 0 bridgehead atoms. The highest BCUT2D eigenvalue weighted by Gasteiger charge is 2.22. The van der Waals surface area contributed by atoms with Gasteiger partial charge in [-0.1, -0.05) is 13.3 Å². The Labute approximate surface area is 128 Å². The van der Waals surface area contributed by atoms with Crippen molar-refractivity contribution in [3.63, 3.8) is 0 Å². The quantitative estimate of drug-likeness (QED) is 0.779. The lowest BCUT2D eigenvalue weighted by Gasteiger charge is -2.20. The SMILES string of the molecule is CCCc1nc(C2CSCCS2)ncc1C(=O)OCC. The Balaban J connectivity index is 2.23. The highest BCUT2D eigenvalue weighted by Crippen LogP contribution is 2.35. The summed E-state index contributed by atoms with van der Waals surface area (Å²) in [5, 5.41) is 0.348. The number of thioether (sulfide) groups is 2. The van der Waals surface area contributed by atoms with Gasteiger partial charge in [-0.25, -0.2) is 14.8 Å². The van der Waals surface area contributed by atoms with Crippen molar-refractivity contribution in [1.82, 2.24) is 9.97 Å². The number of aromatic nitrogens is 2. The Morgan fingerprint density at radius 1 is 1.45 bits per heavy atom. The first kappa shape index (κ1) is 15.6. The number of hydrogen-bond acceptors (Lipinski definition) is 6. The molecule has 2 rings (SSSR count). The van der Waals surface area contributed by atoms with Crippen molar-refractivity contribution in [2.45, 2.75) is 31.9 Å². The van der Waals surface area contributed by atoms with Gasteiger partial charge in [0.05, 0.1) is 23.1 Å². The first-order valence-electron chi connectivity index (χ1n) is 6.98. The maximum absolute atomic E-state index is 11.9. The third kappa shape index (κ3) is 3.88. The van der Waals surface area contributed by atoms with E-state index < -0.39 is 0 Å².